The number of likely N-dealkylation sites (tertiary alicyclic amines) is 1. The minimum atomic E-state index is -0.141. The number of nitrogens with zero attached hydrogens (tertiary/aromatic N) is 2. The third kappa shape index (κ3) is 5.56. The van der Waals surface area contributed by atoms with E-state index in [9.17, 15) is 9.90 Å². The minimum Gasteiger partial charge on any atom is -0.459 e. The number of hydrogen-bond donors (Lipinski definition) is 2. The number of piperidine rings is 1. The first kappa shape index (κ1) is 20.8. The van der Waals surface area contributed by atoms with E-state index in [-0.39, 0.29) is 18.4 Å². The fourth-order valence-electron chi connectivity index (χ4n) is 3.58. The van der Waals surface area contributed by atoms with Gasteiger partial charge in [0.25, 0.3) is 0 Å². The summed E-state index contributed by atoms with van der Waals surface area (Å²) in [5.74, 6) is 1.55. The van der Waals surface area contributed by atoms with Crippen molar-refractivity contribution in [1.82, 2.24) is 15.2 Å². The molecule has 3 heterocycles. The molecule has 1 amide bonds. The van der Waals surface area contributed by atoms with Gasteiger partial charge in [-0.05, 0) is 43.0 Å². The average Bonchev–Trinajstić information content (AvgIpc) is 3.38. The minimum absolute atomic E-state index is 0.0431. The van der Waals surface area contributed by atoms with E-state index in [0.29, 0.717) is 6.54 Å². The Hall–Kier alpha value is -2.48. The largest absolute Gasteiger partial charge is 0.459 e. The number of furan rings is 1. The molecule has 1 fully saturated rings. The number of nitrogens with one attached hydrogen (secondary N) is 1. The van der Waals surface area contributed by atoms with Crippen LogP contribution in [0.4, 0.5) is 0 Å². The quantitative estimate of drug-likeness (QED) is 0.606. The molecule has 1 aliphatic rings. The van der Waals surface area contributed by atoms with Crippen molar-refractivity contribution in [3.05, 3.63) is 64.4 Å². The zero-order valence-corrected chi connectivity index (χ0v) is 18.0. The molecule has 6 nitrogen and oxygen atoms in total. The molecule has 30 heavy (non-hydrogen) atoms. The number of benzene rings is 1. The second-order valence-electron chi connectivity index (χ2n) is 7.83. The normalized spacial score (nSPS) is 15.4. The molecule has 0 unspecified atom stereocenters. The predicted octanol–water partition coefficient (Wildman–Crippen LogP) is 3.53. The van der Waals surface area contributed by atoms with Crippen molar-refractivity contribution in [2.45, 2.75) is 45.4 Å². The van der Waals surface area contributed by atoms with Gasteiger partial charge in [0.05, 0.1) is 18.2 Å². The van der Waals surface area contributed by atoms with Crippen LogP contribution >= 0.6 is 11.3 Å². The van der Waals surface area contributed by atoms with Crippen LogP contribution in [0.1, 0.15) is 35.4 Å². The van der Waals surface area contributed by atoms with Gasteiger partial charge in [0.2, 0.25) is 5.91 Å². The van der Waals surface area contributed by atoms with E-state index in [1.807, 2.05) is 24.4 Å². The van der Waals surface area contributed by atoms with Crippen LogP contribution in [0.15, 0.2) is 46.2 Å². The van der Waals surface area contributed by atoms with Crippen LogP contribution in [0.5, 0.6) is 0 Å². The second-order valence-corrected chi connectivity index (χ2v) is 8.69. The maximum atomic E-state index is 12.3. The lowest BCUT2D eigenvalue weighted by atomic mass is 10.1. The summed E-state index contributed by atoms with van der Waals surface area (Å²) < 4.78 is 5.59. The summed E-state index contributed by atoms with van der Waals surface area (Å²) in [5.41, 5.74) is 3.08. The molecule has 4 rings (SSSR count). The third-order valence-corrected chi connectivity index (χ3v) is 6.23. The van der Waals surface area contributed by atoms with Gasteiger partial charge in [0.1, 0.15) is 5.76 Å². The summed E-state index contributed by atoms with van der Waals surface area (Å²) in [6.07, 6.45) is 1.82. The molecule has 1 saturated heterocycles. The fraction of sp³-hybridized carbons (Fsp3) is 0.391. The molecular weight excluding hydrogens is 398 g/mol. The lowest BCUT2D eigenvalue weighted by Gasteiger charge is -2.29. The molecule has 0 radical (unpaired) electrons. The summed E-state index contributed by atoms with van der Waals surface area (Å²) in [6.45, 7) is 5.19. The molecule has 1 aliphatic heterocycles. The number of carbonyl (C=O) groups excluding carboxylic acids is 1. The number of aromatic nitrogens is 1. The monoisotopic (exact) mass is 425 g/mol. The Labute approximate surface area is 180 Å². The summed E-state index contributed by atoms with van der Waals surface area (Å²) in [5, 5.41) is 15.3. The fourth-order valence-corrected chi connectivity index (χ4v) is 4.36. The molecule has 2 N–H and O–H groups in total. The van der Waals surface area contributed by atoms with Crippen molar-refractivity contribution < 1.29 is 14.3 Å². The van der Waals surface area contributed by atoms with E-state index in [2.05, 4.69) is 39.5 Å². The highest BCUT2D eigenvalue weighted by Gasteiger charge is 2.17. The topological polar surface area (TPSA) is 78.6 Å². The Bertz CT molecular complexity index is 972. The molecule has 0 atom stereocenters. The van der Waals surface area contributed by atoms with Gasteiger partial charge in [-0.1, -0.05) is 24.3 Å². The van der Waals surface area contributed by atoms with Gasteiger partial charge in [0, 0.05) is 31.6 Å². The highest BCUT2D eigenvalue weighted by atomic mass is 32.1. The number of thiazole rings is 1. The number of rotatable bonds is 7. The molecule has 0 spiro atoms. The van der Waals surface area contributed by atoms with Gasteiger partial charge in [0.15, 0.2) is 10.8 Å². The van der Waals surface area contributed by atoms with Gasteiger partial charge >= 0.3 is 0 Å². The number of carbonyl (C=O) groups is 1. The molecule has 2 aromatic heterocycles. The first-order valence-electron chi connectivity index (χ1n) is 10.3. The molecular formula is C23H27N3O3S. The van der Waals surface area contributed by atoms with Crippen LogP contribution in [0.2, 0.25) is 0 Å². The predicted molar refractivity (Wildman–Crippen MR) is 117 cm³/mol. The highest BCUT2D eigenvalue weighted by Crippen LogP contribution is 2.25. The van der Waals surface area contributed by atoms with Crippen molar-refractivity contribution in [3.8, 4) is 10.8 Å². The van der Waals surface area contributed by atoms with Gasteiger partial charge in [-0.2, -0.15) is 0 Å². The molecule has 7 heteroatoms. The van der Waals surface area contributed by atoms with Crippen LogP contribution in [0.25, 0.3) is 10.8 Å². The van der Waals surface area contributed by atoms with Crippen LogP contribution in [-0.4, -0.2) is 40.1 Å². The maximum Gasteiger partial charge on any atom is 0.226 e. The first-order chi connectivity index (χ1) is 14.5. The Morgan fingerprint density at radius 2 is 1.93 bits per heavy atom. The van der Waals surface area contributed by atoms with E-state index in [1.165, 1.54) is 16.9 Å². The van der Waals surface area contributed by atoms with Crippen LogP contribution in [0.3, 0.4) is 0 Å². The SMILES string of the molecule is Cc1ccc(-c2nc(CC(=O)NCc3ccc(CN4CCC(O)CC4)cc3)cs2)o1. The summed E-state index contributed by atoms with van der Waals surface area (Å²) in [4.78, 5) is 19.2. The third-order valence-electron chi connectivity index (χ3n) is 5.32. The Balaban J connectivity index is 1.23. The summed E-state index contributed by atoms with van der Waals surface area (Å²) in [7, 11) is 0. The number of aryl methyl sites for hydroxylation is 1. The van der Waals surface area contributed by atoms with E-state index in [0.717, 1.165) is 60.3 Å². The van der Waals surface area contributed by atoms with Crippen LogP contribution in [0, 0.1) is 6.92 Å². The molecule has 1 aromatic carbocycles. The molecule has 0 aliphatic carbocycles. The Morgan fingerprint density at radius 1 is 1.20 bits per heavy atom. The lowest BCUT2D eigenvalue weighted by Crippen LogP contribution is -2.35. The zero-order valence-electron chi connectivity index (χ0n) is 17.1. The van der Waals surface area contributed by atoms with E-state index in [4.69, 9.17) is 4.42 Å². The van der Waals surface area contributed by atoms with Gasteiger partial charge in [-0.15, -0.1) is 11.3 Å². The van der Waals surface area contributed by atoms with Crippen molar-refractivity contribution in [2.24, 2.45) is 0 Å². The van der Waals surface area contributed by atoms with E-state index < -0.39 is 0 Å². The molecule has 3 aromatic rings. The number of hydrogen-bond acceptors (Lipinski definition) is 6. The smallest absolute Gasteiger partial charge is 0.226 e. The Kier molecular flexibility index (Phi) is 6.62. The van der Waals surface area contributed by atoms with Crippen molar-refractivity contribution >= 4 is 17.2 Å². The molecule has 0 bridgehead atoms. The molecule has 158 valence electrons. The van der Waals surface area contributed by atoms with Crippen LogP contribution in [-0.2, 0) is 24.3 Å². The summed E-state index contributed by atoms with van der Waals surface area (Å²) >= 11 is 1.49. The Morgan fingerprint density at radius 3 is 2.63 bits per heavy atom. The second kappa shape index (κ2) is 9.55. The average molecular weight is 426 g/mol. The van der Waals surface area contributed by atoms with Crippen molar-refractivity contribution in [1.29, 1.82) is 0 Å². The number of aliphatic hydroxyl groups is 1. The molecule has 0 saturated carbocycles. The highest BCUT2D eigenvalue weighted by molar-refractivity contribution is 7.13. The standard InChI is InChI=1S/C23H27N3O3S/c1-16-2-7-21(29-16)23-25-19(15-30-23)12-22(28)24-13-17-3-5-18(6-4-17)14-26-10-8-20(27)9-11-26/h2-7,15,20,27H,8-14H2,1H3,(H,24,28). The lowest BCUT2D eigenvalue weighted by molar-refractivity contribution is -0.120. The van der Waals surface area contributed by atoms with E-state index >= 15 is 0 Å². The summed E-state index contributed by atoms with van der Waals surface area (Å²) in [6, 6.07) is 12.2. The zero-order chi connectivity index (χ0) is 20.9. The van der Waals surface area contributed by atoms with Crippen molar-refractivity contribution in [2.75, 3.05) is 13.1 Å². The van der Waals surface area contributed by atoms with Gasteiger partial charge in [-0.3, -0.25) is 9.69 Å². The number of amides is 1. The number of aliphatic hydroxyl groups excluding tert-OH is 1. The van der Waals surface area contributed by atoms with Crippen molar-refractivity contribution in [3.63, 3.8) is 0 Å². The maximum absolute atomic E-state index is 12.3. The van der Waals surface area contributed by atoms with Gasteiger partial charge < -0.3 is 14.8 Å². The van der Waals surface area contributed by atoms with Gasteiger partial charge in [-0.25, -0.2) is 4.98 Å². The van der Waals surface area contributed by atoms with E-state index in [1.54, 1.807) is 0 Å². The first-order valence-corrected chi connectivity index (χ1v) is 11.2. The van der Waals surface area contributed by atoms with Crippen LogP contribution < -0.4 is 5.32 Å².